The fourth-order valence-electron chi connectivity index (χ4n) is 3.60. The van der Waals surface area contributed by atoms with Crippen molar-refractivity contribution in [3.63, 3.8) is 0 Å². The summed E-state index contributed by atoms with van der Waals surface area (Å²) in [7, 11) is 2.01. The van der Waals surface area contributed by atoms with Gasteiger partial charge in [0.25, 0.3) is 0 Å². The van der Waals surface area contributed by atoms with Gasteiger partial charge in [-0.2, -0.15) is 0 Å². The summed E-state index contributed by atoms with van der Waals surface area (Å²) in [6.07, 6.45) is 4.60. The van der Waals surface area contributed by atoms with Gasteiger partial charge in [0, 0.05) is 37.8 Å². The van der Waals surface area contributed by atoms with Gasteiger partial charge in [-0.3, -0.25) is 4.79 Å². The van der Waals surface area contributed by atoms with Gasteiger partial charge in [-0.05, 0) is 72.0 Å². The second-order valence-corrected chi connectivity index (χ2v) is 8.58. The van der Waals surface area contributed by atoms with E-state index in [4.69, 9.17) is 16.3 Å². The number of nitrogens with zero attached hydrogens (tertiary/aromatic N) is 2. The Bertz CT molecular complexity index is 1250. The molecule has 5 nitrogen and oxygen atoms in total. The number of aromatic nitrogens is 2. The maximum absolute atomic E-state index is 9.82. The predicted octanol–water partition coefficient (Wildman–Crippen LogP) is 6.79. The number of aryl methyl sites for hydroxylation is 2. The van der Waals surface area contributed by atoms with Gasteiger partial charge >= 0.3 is 5.97 Å². The average molecular weight is 491 g/mol. The van der Waals surface area contributed by atoms with Gasteiger partial charge in [-0.1, -0.05) is 48.0 Å². The van der Waals surface area contributed by atoms with E-state index in [2.05, 4.69) is 59.1 Å². The van der Waals surface area contributed by atoms with E-state index in [0.717, 1.165) is 28.6 Å². The molecule has 4 aromatic rings. The van der Waals surface area contributed by atoms with E-state index < -0.39 is 0 Å². The summed E-state index contributed by atoms with van der Waals surface area (Å²) >= 11 is 6.09. The summed E-state index contributed by atoms with van der Waals surface area (Å²) in [5.41, 5.74) is 5.88. The van der Waals surface area contributed by atoms with Crippen LogP contribution < -0.4 is 4.74 Å². The molecule has 0 aliphatic rings. The van der Waals surface area contributed by atoms with Gasteiger partial charge in [0.2, 0.25) is 0 Å². The number of hydrogen-bond donors (Lipinski definition) is 0. The largest absolute Gasteiger partial charge is 0.489 e. The molecule has 1 heterocycles. The Balaban J connectivity index is 0.000000509. The highest BCUT2D eigenvalue weighted by Crippen LogP contribution is 2.27. The summed E-state index contributed by atoms with van der Waals surface area (Å²) in [6.45, 7) is 6.26. The van der Waals surface area contributed by atoms with Crippen LogP contribution in [0.15, 0.2) is 79.1 Å². The Labute approximate surface area is 212 Å². The number of carbonyl (C=O) groups is 1. The molecule has 0 spiro atoms. The first kappa shape index (κ1) is 26.0. The molecule has 3 aromatic carbocycles. The van der Waals surface area contributed by atoms with Crippen LogP contribution in [0, 0.1) is 6.92 Å². The molecule has 0 amide bonds. The molecule has 0 aliphatic heterocycles. The number of carbonyl (C=O) groups excluding carboxylic acids is 1. The smallest absolute Gasteiger partial charge is 0.302 e. The predicted molar refractivity (Wildman–Crippen MR) is 141 cm³/mol. The molecular formula is C29H31ClN2O3. The average Bonchev–Trinajstić information content (AvgIpc) is 3.23. The van der Waals surface area contributed by atoms with Crippen molar-refractivity contribution < 1.29 is 14.3 Å². The molecule has 6 heteroatoms. The zero-order valence-electron chi connectivity index (χ0n) is 20.6. The number of hydrogen-bond acceptors (Lipinski definition) is 4. The highest BCUT2D eigenvalue weighted by atomic mass is 35.5. The SMILES string of the molecule is CCOC(C)=O.Cc1cc(Cl)ccc1-c1cccc(COc2ccc(Cc3nccn3C)cc2)c1. The van der Waals surface area contributed by atoms with E-state index in [-0.39, 0.29) is 5.97 Å². The van der Waals surface area contributed by atoms with Crippen LogP contribution >= 0.6 is 11.6 Å². The van der Waals surface area contributed by atoms with Crippen molar-refractivity contribution in [1.29, 1.82) is 0 Å². The fraction of sp³-hybridized carbons (Fsp3) is 0.241. The Morgan fingerprint density at radius 3 is 2.40 bits per heavy atom. The number of rotatable bonds is 7. The summed E-state index contributed by atoms with van der Waals surface area (Å²) in [4.78, 5) is 14.2. The van der Waals surface area contributed by atoms with Crippen LogP contribution in [0.3, 0.4) is 0 Å². The minimum absolute atomic E-state index is 0.211. The third-order valence-electron chi connectivity index (χ3n) is 5.39. The lowest BCUT2D eigenvalue weighted by Crippen LogP contribution is -1.99. The molecule has 0 N–H and O–H groups in total. The van der Waals surface area contributed by atoms with E-state index >= 15 is 0 Å². The highest BCUT2D eigenvalue weighted by Gasteiger charge is 2.05. The van der Waals surface area contributed by atoms with Gasteiger partial charge in [-0.25, -0.2) is 4.98 Å². The molecule has 0 unspecified atom stereocenters. The molecule has 0 fully saturated rings. The van der Waals surface area contributed by atoms with Gasteiger partial charge in [0.1, 0.15) is 18.2 Å². The maximum atomic E-state index is 9.82. The molecule has 0 atom stereocenters. The minimum atomic E-state index is -0.211. The Hall–Kier alpha value is -3.57. The standard InChI is InChI=1S/C25H23ClN2O.C4H8O2/c1-18-14-22(26)8-11-24(18)21-5-3-4-20(15-21)17-29-23-9-6-19(7-10-23)16-25-27-12-13-28(25)2;1-3-6-4(2)5/h3-15H,16-17H2,1-2H3;3H2,1-2H3. The molecule has 0 saturated carbocycles. The molecule has 0 bridgehead atoms. The topological polar surface area (TPSA) is 53.4 Å². The monoisotopic (exact) mass is 490 g/mol. The Morgan fingerprint density at radius 1 is 1.03 bits per heavy atom. The molecule has 0 saturated heterocycles. The van der Waals surface area contributed by atoms with Crippen molar-refractivity contribution in [2.24, 2.45) is 7.05 Å². The first-order valence-corrected chi connectivity index (χ1v) is 11.9. The lowest BCUT2D eigenvalue weighted by atomic mass is 9.99. The lowest BCUT2D eigenvalue weighted by molar-refractivity contribution is -0.140. The van der Waals surface area contributed by atoms with Crippen LogP contribution in [0.25, 0.3) is 11.1 Å². The van der Waals surface area contributed by atoms with E-state index in [1.165, 1.54) is 29.2 Å². The number of imidazole rings is 1. The molecule has 182 valence electrons. The summed E-state index contributed by atoms with van der Waals surface area (Å²) in [6, 6.07) is 22.7. The fourth-order valence-corrected chi connectivity index (χ4v) is 3.83. The van der Waals surface area contributed by atoms with Crippen LogP contribution in [0.1, 0.15) is 36.4 Å². The molecule has 1 aromatic heterocycles. The molecular weight excluding hydrogens is 460 g/mol. The lowest BCUT2D eigenvalue weighted by Gasteiger charge is -2.11. The molecule has 35 heavy (non-hydrogen) atoms. The third-order valence-corrected chi connectivity index (χ3v) is 5.62. The quantitative estimate of drug-likeness (QED) is 0.268. The second-order valence-electron chi connectivity index (χ2n) is 8.15. The zero-order chi connectivity index (χ0) is 25.2. The van der Waals surface area contributed by atoms with Crippen molar-refractivity contribution in [1.82, 2.24) is 9.55 Å². The van der Waals surface area contributed by atoms with Crippen molar-refractivity contribution >= 4 is 17.6 Å². The second kappa shape index (κ2) is 12.8. The van der Waals surface area contributed by atoms with Crippen LogP contribution in [0.2, 0.25) is 5.02 Å². The van der Waals surface area contributed by atoms with Crippen molar-refractivity contribution in [2.45, 2.75) is 33.8 Å². The summed E-state index contributed by atoms with van der Waals surface area (Å²) in [5.74, 6) is 1.70. The van der Waals surface area contributed by atoms with E-state index in [1.807, 2.05) is 48.3 Å². The first-order chi connectivity index (χ1) is 16.9. The van der Waals surface area contributed by atoms with Crippen LogP contribution in [-0.4, -0.2) is 22.1 Å². The van der Waals surface area contributed by atoms with Gasteiger partial charge in [-0.15, -0.1) is 0 Å². The normalized spacial score (nSPS) is 10.3. The number of esters is 1. The van der Waals surface area contributed by atoms with Crippen molar-refractivity contribution in [3.05, 3.63) is 107 Å². The minimum Gasteiger partial charge on any atom is -0.489 e. The molecule has 0 radical (unpaired) electrons. The summed E-state index contributed by atoms with van der Waals surface area (Å²) in [5, 5.41) is 0.761. The molecule has 4 rings (SSSR count). The molecule has 0 aliphatic carbocycles. The Kier molecular flexibility index (Phi) is 9.50. The third kappa shape index (κ3) is 8.01. The van der Waals surface area contributed by atoms with Gasteiger partial charge in [0.15, 0.2) is 0 Å². The first-order valence-electron chi connectivity index (χ1n) is 11.5. The van der Waals surface area contributed by atoms with Crippen LogP contribution in [-0.2, 0) is 29.6 Å². The highest BCUT2D eigenvalue weighted by molar-refractivity contribution is 6.30. The number of halogens is 1. The van der Waals surface area contributed by atoms with E-state index in [0.29, 0.717) is 13.2 Å². The summed E-state index contributed by atoms with van der Waals surface area (Å²) < 4.78 is 12.4. The number of ether oxygens (including phenoxy) is 2. The van der Waals surface area contributed by atoms with Gasteiger partial charge in [0.05, 0.1) is 6.61 Å². The van der Waals surface area contributed by atoms with Gasteiger partial charge < -0.3 is 14.0 Å². The van der Waals surface area contributed by atoms with Crippen molar-refractivity contribution in [3.8, 4) is 16.9 Å². The van der Waals surface area contributed by atoms with Crippen molar-refractivity contribution in [2.75, 3.05) is 6.61 Å². The maximum Gasteiger partial charge on any atom is 0.302 e. The van der Waals surface area contributed by atoms with E-state index in [9.17, 15) is 4.79 Å². The Morgan fingerprint density at radius 2 is 1.80 bits per heavy atom. The van der Waals surface area contributed by atoms with Crippen LogP contribution in [0.4, 0.5) is 0 Å². The zero-order valence-corrected chi connectivity index (χ0v) is 21.4. The van der Waals surface area contributed by atoms with E-state index in [1.54, 1.807) is 6.92 Å². The van der Waals surface area contributed by atoms with Crippen LogP contribution in [0.5, 0.6) is 5.75 Å². The number of benzene rings is 3.